The van der Waals surface area contributed by atoms with E-state index in [0.717, 1.165) is 24.8 Å². The number of benzene rings is 1. The van der Waals surface area contributed by atoms with Gasteiger partial charge in [0, 0.05) is 12.1 Å². The van der Waals surface area contributed by atoms with Crippen LogP contribution in [0.15, 0.2) is 35.1 Å². The Labute approximate surface area is 207 Å². The lowest BCUT2D eigenvalue weighted by molar-refractivity contribution is -0.186. The Bertz CT molecular complexity index is 1160. The Morgan fingerprint density at radius 1 is 1.11 bits per heavy atom. The van der Waals surface area contributed by atoms with E-state index in [9.17, 15) is 22.8 Å². The summed E-state index contributed by atoms with van der Waals surface area (Å²) >= 11 is 0. The Balaban J connectivity index is 1.30. The van der Waals surface area contributed by atoms with Crippen molar-refractivity contribution in [1.82, 2.24) is 14.5 Å². The predicted molar refractivity (Wildman–Crippen MR) is 127 cm³/mol. The average molecular weight is 505 g/mol. The quantitative estimate of drug-likeness (QED) is 0.630. The van der Waals surface area contributed by atoms with Crippen molar-refractivity contribution in [3.05, 3.63) is 57.5 Å². The van der Waals surface area contributed by atoms with Crippen molar-refractivity contribution in [3.8, 4) is 0 Å². The molecular weight excluding hydrogens is 473 g/mol. The lowest BCUT2D eigenvalue weighted by atomic mass is 9.87. The third-order valence-electron chi connectivity index (χ3n) is 7.71. The van der Waals surface area contributed by atoms with Crippen LogP contribution in [0, 0.1) is 11.8 Å². The monoisotopic (exact) mass is 504 g/mol. The highest BCUT2D eigenvalue weighted by atomic mass is 19.4. The molecule has 2 fully saturated rings. The molecule has 36 heavy (non-hydrogen) atoms. The first kappa shape index (κ1) is 24.6. The molecular formula is C26H31F3N4O3. The Hall–Kier alpha value is -3.04. The minimum atomic E-state index is -4.21. The van der Waals surface area contributed by atoms with Gasteiger partial charge in [-0.1, -0.05) is 43.2 Å². The zero-order valence-corrected chi connectivity index (χ0v) is 20.0. The van der Waals surface area contributed by atoms with Gasteiger partial charge in [0.05, 0.1) is 24.2 Å². The maximum atomic E-state index is 13.6. The van der Waals surface area contributed by atoms with Crippen molar-refractivity contribution < 1.29 is 22.7 Å². The first-order chi connectivity index (χ1) is 17.2. The van der Waals surface area contributed by atoms with Crippen LogP contribution in [0.4, 0.5) is 23.9 Å². The Morgan fingerprint density at radius 3 is 2.44 bits per heavy atom. The summed E-state index contributed by atoms with van der Waals surface area (Å²) in [6.45, 7) is 0.369. The summed E-state index contributed by atoms with van der Waals surface area (Å²) < 4.78 is 45.8. The number of fused-ring (bicyclic) bond motifs is 1. The number of nitrogen functional groups attached to an aromatic ring is 1. The second kappa shape index (κ2) is 9.78. The predicted octanol–water partition coefficient (Wildman–Crippen LogP) is 4.83. The van der Waals surface area contributed by atoms with Gasteiger partial charge in [0.1, 0.15) is 6.10 Å². The number of hydrogen-bond acceptors (Lipinski definition) is 5. The highest BCUT2D eigenvalue weighted by Crippen LogP contribution is 2.40. The number of amides is 1. The fourth-order valence-corrected chi connectivity index (χ4v) is 5.44. The number of nitrogens with two attached hydrogens (primary N) is 1. The topological polar surface area (TPSA) is 90.5 Å². The standard InChI is InChI=1S/C26H31F3N4O3/c27-26(28,29)18-8-10-19(11-9-18)36-25(35)32-13-12-20-21(15-32)31-24(30)33(23(20)34)22(14-16-6-7-16)17-4-2-1-3-5-17/h1-5,16,18-19,22H,6-15H2,(H2,30,31)/t18-,19+,22?. The number of alkyl halides is 3. The van der Waals surface area contributed by atoms with E-state index in [4.69, 9.17) is 10.5 Å². The largest absolute Gasteiger partial charge is 0.446 e. The summed E-state index contributed by atoms with van der Waals surface area (Å²) in [5, 5.41) is 0. The third-order valence-corrected chi connectivity index (χ3v) is 7.71. The van der Waals surface area contributed by atoms with E-state index >= 15 is 0 Å². The lowest BCUT2D eigenvalue weighted by Gasteiger charge is -2.33. The summed E-state index contributed by atoms with van der Waals surface area (Å²) in [4.78, 5) is 32.3. The number of aromatic nitrogens is 2. The van der Waals surface area contributed by atoms with Crippen molar-refractivity contribution >= 4 is 12.0 Å². The van der Waals surface area contributed by atoms with Crippen LogP contribution in [0.3, 0.4) is 0 Å². The second-order valence-electron chi connectivity index (χ2n) is 10.2. The molecule has 0 radical (unpaired) electrons. The molecule has 2 saturated carbocycles. The normalized spacial score (nSPS) is 23.1. The Kier molecular flexibility index (Phi) is 6.70. The van der Waals surface area contributed by atoms with Gasteiger partial charge < -0.3 is 15.4 Å². The molecule has 1 atom stereocenters. The molecule has 1 unspecified atom stereocenters. The minimum Gasteiger partial charge on any atom is -0.446 e. The molecule has 0 bridgehead atoms. The van der Waals surface area contributed by atoms with Gasteiger partial charge in [-0.2, -0.15) is 13.2 Å². The molecule has 7 nitrogen and oxygen atoms in total. The van der Waals surface area contributed by atoms with Crippen molar-refractivity contribution in [3.63, 3.8) is 0 Å². The molecule has 2 aromatic rings. The second-order valence-corrected chi connectivity index (χ2v) is 10.2. The summed E-state index contributed by atoms with van der Waals surface area (Å²) in [5.41, 5.74) is 8.17. The SMILES string of the molecule is Nc1nc2c(c(=O)n1C(CC1CC1)c1ccccc1)CCN(C(=O)O[C@H]1CC[C@@H](C(F)(F)F)CC1)C2. The van der Waals surface area contributed by atoms with Gasteiger partial charge in [-0.05, 0) is 50.0 Å². The highest BCUT2D eigenvalue weighted by molar-refractivity contribution is 5.68. The fraction of sp³-hybridized carbons (Fsp3) is 0.577. The molecule has 10 heteroatoms. The van der Waals surface area contributed by atoms with Crippen LogP contribution in [-0.2, 0) is 17.7 Å². The van der Waals surface area contributed by atoms with Gasteiger partial charge in [0.2, 0.25) is 5.95 Å². The van der Waals surface area contributed by atoms with Crippen LogP contribution in [0.25, 0.3) is 0 Å². The number of carbonyl (C=O) groups is 1. The maximum Gasteiger partial charge on any atom is 0.410 e. The summed E-state index contributed by atoms with van der Waals surface area (Å²) in [7, 11) is 0. The molecule has 3 aliphatic rings. The molecule has 0 saturated heterocycles. The van der Waals surface area contributed by atoms with E-state index in [0.29, 0.717) is 23.6 Å². The molecule has 2 heterocycles. The van der Waals surface area contributed by atoms with Crippen molar-refractivity contribution in [1.29, 1.82) is 0 Å². The third kappa shape index (κ3) is 5.22. The van der Waals surface area contributed by atoms with Gasteiger partial charge in [-0.3, -0.25) is 9.36 Å². The Morgan fingerprint density at radius 2 is 1.81 bits per heavy atom. The molecule has 5 rings (SSSR count). The number of rotatable bonds is 5. The summed E-state index contributed by atoms with van der Waals surface area (Å²) in [6, 6.07) is 9.63. The van der Waals surface area contributed by atoms with Crippen molar-refractivity contribution in [2.45, 2.75) is 76.2 Å². The van der Waals surface area contributed by atoms with Gasteiger partial charge in [-0.15, -0.1) is 0 Å². The zero-order valence-electron chi connectivity index (χ0n) is 20.0. The number of anilines is 1. The number of hydrogen-bond donors (Lipinski definition) is 1. The number of nitrogens with zero attached hydrogens (tertiary/aromatic N) is 3. The first-order valence-electron chi connectivity index (χ1n) is 12.7. The van der Waals surface area contributed by atoms with Crippen LogP contribution in [0.1, 0.15) is 67.8 Å². The van der Waals surface area contributed by atoms with Crippen LogP contribution in [0.5, 0.6) is 0 Å². The van der Waals surface area contributed by atoms with Crippen LogP contribution < -0.4 is 11.3 Å². The van der Waals surface area contributed by atoms with Crippen molar-refractivity contribution in [2.24, 2.45) is 11.8 Å². The minimum absolute atomic E-state index is 0.0364. The highest BCUT2D eigenvalue weighted by Gasteiger charge is 2.42. The molecule has 1 aromatic carbocycles. The fourth-order valence-electron chi connectivity index (χ4n) is 5.44. The van der Waals surface area contributed by atoms with Gasteiger partial charge in [-0.25, -0.2) is 9.78 Å². The van der Waals surface area contributed by atoms with E-state index in [1.165, 1.54) is 4.90 Å². The van der Waals surface area contributed by atoms with E-state index in [1.54, 1.807) is 4.57 Å². The van der Waals surface area contributed by atoms with Crippen LogP contribution >= 0.6 is 0 Å². The van der Waals surface area contributed by atoms with Crippen LogP contribution in [-0.4, -0.2) is 39.4 Å². The van der Waals surface area contributed by atoms with Gasteiger partial charge in [0.15, 0.2) is 0 Å². The molecule has 2 aliphatic carbocycles. The molecule has 0 spiro atoms. The molecule has 194 valence electrons. The molecule has 1 aromatic heterocycles. The van der Waals surface area contributed by atoms with E-state index in [2.05, 4.69) is 4.98 Å². The molecule has 2 N–H and O–H groups in total. The van der Waals surface area contributed by atoms with E-state index in [-0.39, 0.29) is 56.3 Å². The first-order valence-corrected chi connectivity index (χ1v) is 12.7. The number of ether oxygens (including phenoxy) is 1. The van der Waals surface area contributed by atoms with Crippen molar-refractivity contribution in [2.75, 3.05) is 12.3 Å². The summed E-state index contributed by atoms with van der Waals surface area (Å²) in [5.74, 6) is -0.647. The smallest absolute Gasteiger partial charge is 0.410 e. The number of carbonyl (C=O) groups excluding carboxylic acids is 1. The van der Waals surface area contributed by atoms with E-state index < -0.39 is 24.3 Å². The molecule has 1 amide bonds. The van der Waals surface area contributed by atoms with Crippen LogP contribution in [0.2, 0.25) is 0 Å². The van der Waals surface area contributed by atoms with Gasteiger partial charge >= 0.3 is 12.3 Å². The number of halogens is 3. The molecule has 1 aliphatic heterocycles. The average Bonchev–Trinajstić information content (AvgIpc) is 3.67. The zero-order chi connectivity index (χ0) is 25.4. The summed E-state index contributed by atoms with van der Waals surface area (Å²) in [6.07, 6.45) is -1.58. The van der Waals surface area contributed by atoms with E-state index in [1.807, 2.05) is 30.3 Å². The maximum absolute atomic E-state index is 13.6. The lowest BCUT2D eigenvalue weighted by Crippen LogP contribution is -2.43. The van der Waals surface area contributed by atoms with Gasteiger partial charge in [0.25, 0.3) is 5.56 Å².